The van der Waals surface area contributed by atoms with E-state index in [9.17, 15) is 0 Å². The number of para-hydroxylation sites is 2. The quantitative estimate of drug-likeness (QED) is 0.875. The van der Waals surface area contributed by atoms with Gasteiger partial charge in [-0.2, -0.15) is 0 Å². The normalized spacial score (nSPS) is 10.6. The van der Waals surface area contributed by atoms with Crippen molar-refractivity contribution in [2.75, 3.05) is 7.11 Å². The summed E-state index contributed by atoms with van der Waals surface area (Å²) in [4.78, 5) is 4.23. The summed E-state index contributed by atoms with van der Waals surface area (Å²) < 4.78 is 11.0. The van der Waals surface area contributed by atoms with E-state index in [2.05, 4.69) is 24.1 Å². The predicted molar refractivity (Wildman–Crippen MR) is 79.3 cm³/mol. The SMILES string of the molecule is COc1ccccc1Oc1cc(CNC(C)C)ccn1. The minimum atomic E-state index is 0.446. The van der Waals surface area contributed by atoms with E-state index < -0.39 is 0 Å². The molecule has 0 fully saturated rings. The molecule has 1 aromatic heterocycles. The van der Waals surface area contributed by atoms with Gasteiger partial charge in [0, 0.05) is 24.8 Å². The number of nitrogens with zero attached hydrogens (tertiary/aromatic N) is 1. The van der Waals surface area contributed by atoms with E-state index in [0.29, 0.717) is 23.4 Å². The van der Waals surface area contributed by atoms with Crippen molar-refractivity contribution in [3.8, 4) is 17.4 Å². The lowest BCUT2D eigenvalue weighted by atomic mass is 10.2. The number of hydrogen-bond donors (Lipinski definition) is 1. The molecule has 0 amide bonds. The van der Waals surface area contributed by atoms with E-state index in [0.717, 1.165) is 12.1 Å². The maximum absolute atomic E-state index is 5.78. The number of rotatable bonds is 6. The molecular weight excluding hydrogens is 252 g/mol. The molecule has 2 rings (SSSR count). The smallest absolute Gasteiger partial charge is 0.219 e. The molecule has 0 unspecified atom stereocenters. The molecule has 0 atom stereocenters. The van der Waals surface area contributed by atoms with Crippen LogP contribution in [0.4, 0.5) is 0 Å². The zero-order chi connectivity index (χ0) is 14.4. The second-order valence-corrected chi connectivity index (χ2v) is 4.79. The molecule has 0 saturated carbocycles. The topological polar surface area (TPSA) is 43.4 Å². The summed E-state index contributed by atoms with van der Waals surface area (Å²) in [6.45, 7) is 5.03. The summed E-state index contributed by atoms with van der Waals surface area (Å²) in [5, 5.41) is 3.37. The highest BCUT2D eigenvalue weighted by atomic mass is 16.5. The summed E-state index contributed by atoms with van der Waals surface area (Å²) in [5.74, 6) is 1.93. The standard InChI is InChI=1S/C16H20N2O2/c1-12(2)18-11-13-8-9-17-16(10-13)20-15-7-5-4-6-14(15)19-3/h4-10,12,18H,11H2,1-3H3. The van der Waals surface area contributed by atoms with Crippen LogP contribution in [0.1, 0.15) is 19.4 Å². The Morgan fingerprint density at radius 1 is 1.15 bits per heavy atom. The number of pyridine rings is 1. The van der Waals surface area contributed by atoms with Gasteiger partial charge in [-0.25, -0.2) is 4.98 Å². The van der Waals surface area contributed by atoms with E-state index in [1.165, 1.54) is 0 Å². The Balaban J connectivity index is 2.11. The van der Waals surface area contributed by atoms with Crippen LogP contribution in [0.5, 0.6) is 17.4 Å². The van der Waals surface area contributed by atoms with E-state index in [1.807, 2.05) is 36.4 Å². The monoisotopic (exact) mass is 272 g/mol. The van der Waals surface area contributed by atoms with Crippen LogP contribution in [-0.4, -0.2) is 18.1 Å². The lowest BCUT2D eigenvalue weighted by Crippen LogP contribution is -2.21. The van der Waals surface area contributed by atoms with Crippen LogP contribution >= 0.6 is 0 Å². The summed E-state index contributed by atoms with van der Waals surface area (Å²) in [7, 11) is 1.62. The molecule has 0 bridgehead atoms. The minimum absolute atomic E-state index is 0.446. The number of hydrogen-bond acceptors (Lipinski definition) is 4. The third-order valence-electron chi connectivity index (χ3n) is 2.80. The Hall–Kier alpha value is -2.07. The molecule has 2 aromatic rings. The first kappa shape index (κ1) is 14.3. The molecular formula is C16H20N2O2. The Bertz CT molecular complexity index is 556. The second-order valence-electron chi connectivity index (χ2n) is 4.79. The van der Waals surface area contributed by atoms with Gasteiger partial charge in [0.05, 0.1) is 7.11 Å². The predicted octanol–water partition coefficient (Wildman–Crippen LogP) is 3.38. The first-order valence-corrected chi connectivity index (χ1v) is 6.68. The van der Waals surface area contributed by atoms with E-state index in [-0.39, 0.29) is 0 Å². The molecule has 1 heterocycles. The van der Waals surface area contributed by atoms with E-state index >= 15 is 0 Å². The first-order valence-electron chi connectivity index (χ1n) is 6.68. The number of nitrogens with one attached hydrogen (secondary N) is 1. The van der Waals surface area contributed by atoms with Gasteiger partial charge in [0.2, 0.25) is 5.88 Å². The molecule has 20 heavy (non-hydrogen) atoms. The lowest BCUT2D eigenvalue weighted by Gasteiger charge is -2.11. The van der Waals surface area contributed by atoms with Crippen LogP contribution in [0.25, 0.3) is 0 Å². The van der Waals surface area contributed by atoms with Crippen LogP contribution in [0, 0.1) is 0 Å². The summed E-state index contributed by atoms with van der Waals surface area (Å²) in [6, 6.07) is 11.9. The van der Waals surface area contributed by atoms with Gasteiger partial charge >= 0.3 is 0 Å². The van der Waals surface area contributed by atoms with Crippen molar-refractivity contribution in [1.82, 2.24) is 10.3 Å². The fourth-order valence-corrected chi connectivity index (χ4v) is 1.75. The van der Waals surface area contributed by atoms with Gasteiger partial charge < -0.3 is 14.8 Å². The average Bonchev–Trinajstić information content (AvgIpc) is 2.46. The van der Waals surface area contributed by atoms with Crippen molar-refractivity contribution in [1.29, 1.82) is 0 Å². The van der Waals surface area contributed by atoms with Gasteiger partial charge in [-0.15, -0.1) is 0 Å². The molecule has 106 valence electrons. The highest BCUT2D eigenvalue weighted by Gasteiger charge is 2.06. The number of methoxy groups -OCH3 is 1. The molecule has 1 N–H and O–H groups in total. The zero-order valence-corrected chi connectivity index (χ0v) is 12.1. The Labute approximate surface area is 119 Å². The molecule has 1 aromatic carbocycles. The van der Waals surface area contributed by atoms with Crippen molar-refractivity contribution in [3.05, 3.63) is 48.2 Å². The highest BCUT2D eigenvalue weighted by molar-refractivity contribution is 5.41. The van der Waals surface area contributed by atoms with Gasteiger partial charge in [0.1, 0.15) is 0 Å². The van der Waals surface area contributed by atoms with Crippen LogP contribution < -0.4 is 14.8 Å². The molecule has 0 spiro atoms. The van der Waals surface area contributed by atoms with Gasteiger partial charge in [-0.1, -0.05) is 26.0 Å². The Morgan fingerprint density at radius 3 is 2.60 bits per heavy atom. The average molecular weight is 272 g/mol. The largest absolute Gasteiger partial charge is 0.493 e. The maximum Gasteiger partial charge on any atom is 0.219 e. The summed E-state index contributed by atoms with van der Waals surface area (Å²) in [5.41, 5.74) is 1.14. The van der Waals surface area contributed by atoms with Crippen molar-refractivity contribution in [2.24, 2.45) is 0 Å². The first-order chi connectivity index (χ1) is 9.69. The molecule has 0 aliphatic heterocycles. The molecule has 4 nitrogen and oxygen atoms in total. The van der Waals surface area contributed by atoms with Crippen LogP contribution in [-0.2, 0) is 6.54 Å². The van der Waals surface area contributed by atoms with E-state index in [1.54, 1.807) is 13.3 Å². The number of aromatic nitrogens is 1. The van der Waals surface area contributed by atoms with Crippen molar-refractivity contribution in [2.45, 2.75) is 26.4 Å². The van der Waals surface area contributed by atoms with Crippen molar-refractivity contribution < 1.29 is 9.47 Å². The van der Waals surface area contributed by atoms with Crippen molar-refractivity contribution in [3.63, 3.8) is 0 Å². The Kier molecular flexibility index (Phi) is 4.96. The summed E-state index contributed by atoms with van der Waals surface area (Å²) in [6.07, 6.45) is 1.75. The molecule has 0 radical (unpaired) electrons. The summed E-state index contributed by atoms with van der Waals surface area (Å²) >= 11 is 0. The number of ether oxygens (including phenoxy) is 2. The molecule has 0 saturated heterocycles. The third kappa shape index (κ3) is 3.96. The van der Waals surface area contributed by atoms with Gasteiger partial charge in [-0.3, -0.25) is 0 Å². The van der Waals surface area contributed by atoms with Crippen LogP contribution in [0.15, 0.2) is 42.6 Å². The zero-order valence-electron chi connectivity index (χ0n) is 12.1. The second kappa shape index (κ2) is 6.91. The van der Waals surface area contributed by atoms with Gasteiger partial charge in [-0.05, 0) is 23.8 Å². The third-order valence-corrected chi connectivity index (χ3v) is 2.80. The highest BCUT2D eigenvalue weighted by Crippen LogP contribution is 2.30. The minimum Gasteiger partial charge on any atom is -0.493 e. The van der Waals surface area contributed by atoms with Crippen LogP contribution in [0.3, 0.4) is 0 Å². The number of benzene rings is 1. The molecule has 4 heteroatoms. The maximum atomic E-state index is 5.78. The van der Waals surface area contributed by atoms with E-state index in [4.69, 9.17) is 9.47 Å². The Morgan fingerprint density at radius 2 is 1.90 bits per heavy atom. The van der Waals surface area contributed by atoms with Gasteiger partial charge in [0.25, 0.3) is 0 Å². The lowest BCUT2D eigenvalue weighted by molar-refractivity contribution is 0.374. The van der Waals surface area contributed by atoms with Crippen molar-refractivity contribution >= 4 is 0 Å². The fourth-order valence-electron chi connectivity index (χ4n) is 1.75. The molecule has 0 aliphatic carbocycles. The molecule has 0 aliphatic rings. The fraction of sp³-hybridized carbons (Fsp3) is 0.312. The van der Waals surface area contributed by atoms with Gasteiger partial charge in [0.15, 0.2) is 11.5 Å². The van der Waals surface area contributed by atoms with Crippen LogP contribution in [0.2, 0.25) is 0 Å².